The molecule has 1 atom stereocenters. The molecule has 10 heteroatoms. The summed E-state index contributed by atoms with van der Waals surface area (Å²) in [6.07, 6.45) is 7.98. The third-order valence-electron chi connectivity index (χ3n) is 3.86. The van der Waals surface area contributed by atoms with Gasteiger partial charge in [-0.15, -0.1) is 5.10 Å². The topological polar surface area (TPSA) is 134 Å². The molecule has 130 valence electrons. The quantitative estimate of drug-likeness (QED) is 0.582. The molecule has 0 fully saturated rings. The Morgan fingerprint density at radius 2 is 2.04 bits per heavy atom. The van der Waals surface area contributed by atoms with Crippen molar-refractivity contribution in [2.75, 3.05) is 5.32 Å². The fourth-order valence-electron chi connectivity index (χ4n) is 2.60. The SMILES string of the molecule is C[C@@H](C#N)Nc1cc(-n2ncc3cc(C#N)cnc32)ncc1-n1ccnn1. The summed E-state index contributed by atoms with van der Waals surface area (Å²) in [4.78, 5) is 8.75. The third kappa shape index (κ3) is 2.92. The zero-order valence-electron chi connectivity index (χ0n) is 14.1. The highest BCUT2D eigenvalue weighted by Crippen LogP contribution is 2.24. The second-order valence-corrected chi connectivity index (χ2v) is 5.71. The predicted octanol–water partition coefficient (Wildman–Crippen LogP) is 1.59. The van der Waals surface area contributed by atoms with Crippen LogP contribution < -0.4 is 5.32 Å². The number of aromatic nitrogens is 7. The van der Waals surface area contributed by atoms with E-state index in [4.69, 9.17) is 10.5 Å². The summed E-state index contributed by atoms with van der Waals surface area (Å²) < 4.78 is 3.13. The van der Waals surface area contributed by atoms with Gasteiger partial charge in [-0.05, 0) is 13.0 Å². The van der Waals surface area contributed by atoms with Crippen molar-refractivity contribution in [2.45, 2.75) is 13.0 Å². The fraction of sp³-hybridized carbons (Fsp3) is 0.118. The first-order chi connectivity index (χ1) is 13.2. The van der Waals surface area contributed by atoms with E-state index in [0.717, 1.165) is 5.39 Å². The molecule has 0 spiro atoms. The Bertz CT molecular complexity index is 1190. The zero-order chi connectivity index (χ0) is 18.8. The average molecular weight is 356 g/mol. The molecular weight excluding hydrogens is 344 g/mol. The lowest BCUT2D eigenvalue weighted by molar-refractivity contribution is 0.792. The van der Waals surface area contributed by atoms with Gasteiger partial charge >= 0.3 is 0 Å². The Labute approximate surface area is 153 Å². The fourth-order valence-corrected chi connectivity index (χ4v) is 2.60. The number of fused-ring (bicyclic) bond motifs is 1. The highest BCUT2D eigenvalue weighted by atomic mass is 15.4. The van der Waals surface area contributed by atoms with E-state index in [0.29, 0.717) is 28.4 Å². The van der Waals surface area contributed by atoms with Gasteiger partial charge in [0.25, 0.3) is 0 Å². The van der Waals surface area contributed by atoms with Crippen molar-refractivity contribution in [3.05, 3.63) is 48.7 Å². The van der Waals surface area contributed by atoms with Crippen molar-refractivity contribution in [3.8, 4) is 23.6 Å². The van der Waals surface area contributed by atoms with Gasteiger partial charge in [0.2, 0.25) is 0 Å². The first-order valence-electron chi connectivity index (χ1n) is 7.97. The van der Waals surface area contributed by atoms with Crippen LogP contribution in [-0.2, 0) is 0 Å². The molecule has 0 amide bonds. The number of nitrogens with zero attached hydrogens (tertiary/aromatic N) is 9. The standard InChI is InChI=1S/C17H12N10/c1-11(6-18)24-14-5-16(20-10-15(14)26-3-2-22-25-26)27-17-13(9-23-27)4-12(7-19)8-21-17/h2-5,8-11H,1H3,(H,20,24)/t11-/m0/s1. The van der Waals surface area contributed by atoms with E-state index in [2.05, 4.69) is 42.8 Å². The Morgan fingerprint density at radius 3 is 2.78 bits per heavy atom. The summed E-state index contributed by atoms with van der Waals surface area (Å²) in [5, 5.41) is 34.1. The lowest BCUT2D eigenvalue weighted by atomic mass is 10.2. The van der Waals surface area contributed by atoms with Crippen LogP contribution in [0.25, 0.3) is 22.5 Å². The second kappa shape index (κ2) is 6.54. The molecule has 0 bridgehead atoms. The van der Waals surface area contributed by atoms with Gasteiger partial charge in [-0.2, -0.15) is 20.3 Å². The molecule has 10 nitrogen and oxygen atoms in total. The molecule has 27 heavy (non-hydrogen) atoms. The molecule has 0 unspecified atom stereocenters. The zero-order valence-corrected chi connectivity index (χ0v) is 14.1. The van der Waals surface area contributed by atoms with Gasteiger partial charge in [-0.25, -0.2) is 14.6 Å². The molecule has 0 radical (unpaired) electrons. The van der Waals surface area contributed by atoms with E-state index in [9.17, 15) is 0 Å². The minimum atomic E-state index is -0.423. The van der Waals surface area contributed by atoms with Crippen LogP contribution in [0.4, 0.5) is 5.69 Å². The number of rotatable bonds is 4. The predicted molar refractivity (Wildman–Crippen MR) is 95.0 cm³/mol. The van der Waals surface area contributed by atoms with Gasteiger partial charge in [0, 0.05) is 17.6 Å². The maximum atomic E-state index is 9.14. The smallest absolute Gasteiger partial charge is 0.164 e. The number of anilines is 1. The summed E-state index contributed by atoms with van der Waals surface area (Å²) >= 11 is 0. The first-order valence-corrected chi connectivity index (χ1v) is 7.97. The summed E-state index contributed by atoms with van der Waals surface area (Å²) in [5.41, 5.74) is 2.34. The molecule has 4 heterocycles. The van der Waals surface area contributed by atoms with E-state index in [1.807, 2.05) is 0 Å². The molecule has 0 aliphatic carbocycles. The van der Waals surface area contributed by atoms with Crippen LogP contribution >= 0.6 is 0 Å². The third-order valence-corrected chi connectivity index (χ3v) is 3.86. The van der Waals surface area contributed by atoms with Crippen molar-refractivity contribution >= 4 is 16.7 Å². The monoisotopic (exact) mass is 356 g/mol. The van der Waals surface area contributed by atoms with E-state index in [1.165, 1.54) is 6.20 Å². The Hall–Kier alpha value is -4.31. The second-order valence-electron chi connectivity index (χ2n) is 5.71. The minimum Gasteiger partial charge on any atom is -0.368 e. The number of hydrogen-bond acceptors (Lipinski definition) is 8. The molecular formula is C17H12N10. The summed E-state index contributed by atoms with van der Waals surface area (Å²) in [6, 6.07) is 7.25. The summed E-state index contributed by atoms with van der Waals surface area (Å²) in [5.74, 6) is 0.513. The van der Waals surface area contributed by atoms with E-state index in [1.54, 1.807) is 53.2 Å². The van der Waals surface area contributed by atoms with Gasteiger partial charge in [0.1, 0.15) is 17.8 Å². The molecule has 0 aliphatic rings. The van der Waals surface area contributed by atoms with Crippen LogP contribution in [0.1, 0.15) is 12.5 Å². The number of pyridine rings is 2. The van der Waals surface area contributed by atoms with Crippen LogP contribution in [0, 0.1) is 22.7 Å². The van der Waals surface area contributed by atoms with Crippen molar-refractivity contribution in [2.24, 2.45) is 0 Å². The molecule has 1 N–H and O–H groups in total. The van der Waals surface area contributed by atoms with Crippen molar-refractivity contribution in [1.82, 2.24) is 34.7 Å². The number of nitrogens with one attached hydrogen (secondary N) is 1. The molecule has 0 saturated carbocycles. The molecule has 4 aromatic heterocycles. The molecule has 4 aromatic rings. The lowest BCUT2D eigenvalue weighted by Gasteiger charge is -2.14. The van der Waals surface area contributed by atoms with Gasteiger partial charge < -0.3 is 5.32 Å². The van der Waals surface area contributed by atoms with Crippen LogP contribution in [0.15, 0.2) is 43.1 Å². The largest absolute Gasteiger partial charge is 0.368 e. The van der Waals surface area contributed by atoms with Gasteiger partial charge in [0.15, 0.2) is 11.5 Å². The van der Waals surface area contributed by atoms with Crippen LogP contribution in [0.2, 0.25) is 0 Å². The Balaban J connectivity index is 1.84. The highest BCUT2D eigenvalue weighted by Gasteiger charge is 2.14. The molecule has 4 rings (SSSR count). The highest BCUT2D eigenvalue weighted by molar-refractivity contribution is 5.77. The van der Waals surface area contributed by atoms with E-state index < -0.39 is 6.04 Å². The maximum absolute atomic E-state index is 9.14. The number of nitriles is 2. The van der Waals surface area contributed by atoms with Gasteiger partial charge in [-0.3, -0.25) is 0 Å². The normalized spacial score (nSPS) is 11.7. The molecule has 0 aliphatic heterocycles. The molecule has 0 aromatic carbocycles. The Morgan fingerprint density at radius 1 is 1.15 bits per heavy atom. The van der Waals surface area contributed by atoms with Gasteiger partial charge in [0.05, 0.1) is 42.1 Å². The number of hydrogen-bond donors (Lipinski definition) is 1. The minimum absolute atomic E-state index is 0.423. The van der Waals surface area contributed by atoms with Crippen molar-refractivity contribution < 1.29 is 0 Å². The average Bonchev–Trinajstić information content (AvgIpc) is 3.37. The van der Waals surface area contributed by atoms with Crippen molar-refractivity contribution in [3.63, 3.8) is 0 Å². The van der Waals surface area contributed by atoms with Crippen LogP contribution in [0.5, 0.6) is 0 Å². The van der Waals surface area contributed by atoms with Crippen LogP contribution in [0.3, 0.4) is 0 Å². The van der Waals surface area contributed by atoms with Crippen molar-refractivity contribution in [1.29, 1.82) is 10.5 Å². The first kappa shape index (κ1) is 16.2. The summed E-state index contributed by atoms with van der Waals surface area (Å²) in [7, 11) is 0. The maximum Gasteiger partial charge on any atom is 0.164 e. The summed E-state index contributed by atoms with van der Waals surface area (Å²) in [6.45, 7) is 1.75. The molecule has 0 saturated heterocycles. The Kier molecular flexibility index (Phi) is 3.92. The van der Waals surface area contributed by atoms with E-state index in [-0.39, 0.29) is 0 Å². The van der Waals surface area contributed by atoms with E-state index >= 15 is 0 Å². The van der Waals surface area contributed by atoms with Crippen LogP contribution in [-0.4, -0.2) is 40.8 Å². The van der Waals surface area contributed by atoms with Gasteiger partial charge in [-0.1, -0.05) is 5.21 Å². The lowest BCUT2D eigenvalue weighted by Crippen LogP contribution is -2.15.